The van der Waals surface area contributed by atoms with Gasteiger partial charge in [0.05, 0.1) is 23.9 Å². The van der Waals surface area contributed by atoms with E-state index in [9.17, 15) is 9.59 Å². The van der Waals surface area contributed by atoms with E-state index in [2.05, 4.69) is 10.3 Å². The maximum Gasteiger partial charge on any atom is 0.246 e. The van der Waals surface area contributed by atoms with Gasteiger partial charge in [-0.25, -0.2) is 4.99 Å². The number of hydrogen-bond donors (Lipinski definition) is 1. The Morgan fingerprint density at radius 1 is 1.19 bits per heavy atom. The average Bonchev–Trinajstić information content (AvgIpc) is 3.17. The third-order valence-electron chi connectivity index (χ3n) is 6.70. The number of carbonyl (C=O) groups is 2. The molecule has 174 valence electrons. The lowest BCUT2D eigenvalue weighted by molar-refractivity contribution is -0.132. The maximum atomic E-state index is 12.4. The van der Waals surface area contributed by atoms with Crippen LogP contribution in [0.4, 0.5) is 5.69 Å². The van der Waals surface area contributed by atoms with Crippen molar-refractivity contribution < 1.29 is 14.3 Å². The van der Waals surface area contributed by atoms with Crippen LogP contribution in [0.1, 0.15) is 69.8 Å². The van der Waals surface area contributed by atoms with E-state index in [1.165, 1.54) is 19.3 Å². The van der Waals surface area contributed by atoms with Crippen LogP contribution in [0, 0.1) is 0 Å². The van der Waals surface area contributed by atoms with E-state index >= 15 is 0 Å². The molecule has 2 heterocycles. The van der Waals surface area contributed by atoms with Crippen LogP contribution >= 0.6 is 11.6 Å². The largest absolute Gasteiger partial charge is 0.493 e. The van der Waals surface area contributed by atoms with Crippen LogP contribution in [-0.4, -0.2) is 53.8 Å². The number of halogens is 1. The van der Waals surface area contributed by atoms with Crippen LogP contribution in [0.2, 0.25) is 5.02 Å². The molecule has 0 bridgehead atoms. The van der Waals surface area contributed by atoms with Gasteiger partial charge in [0, 0.05) is 25.1 Å². The van der Waals surface area contributed by atoms with Gasteiger partial charge in [-0.05, 0) is 37.8 Å². The number of amides is 2. The van der Waals surface area contributed by atoms with Gasteiger partial charge in [-0.3, -0.25) is 14.9 Å². The van der Waals surface area contributed by atoms with Crippen LogP contribution in [0.3, 0.4) is 0 Å². The van der Waals surface area contributed by atoms with E-state index in [1.54, 1.807) is 6.07 Å². The summed E-state index contributed by atoms with van der Waals surface area (Å²) in [5, 5.41) is 3.32. The number of benzene rings is 1. The molecule has 2 aliphatic heterocycles. The fourth-order valence-corrected chi connectivity index (χ4v) is 5.00. The van der Waals surface area contributed by atoms with Gasteiger partial charge in [0.25, 0.3) is 0 Å². The summed E-state index contributed by atoms with van der Waals surface area (Å²) in [6.45, 7) is 1.47. The summed E-state index contributed by atoms with van der Waals surface area (Å²) in [5.41, 5.74) is 1.60. The molecule has 0 spiro atoms. The first-order chi connectivity index (χ1) is 15.5. The molecule has 1 saturated heterocycles. The van der Waals surface area contributed by atoms with Gasteiger partial charge in [-0.2, -0.15) is 0 Å². The van der Waals surface area contributed by atoms with Gasteiger partial charge >= 0.3 is 0 Å². The highest BCUT2D eigenvalue weighted by Gasteiger charge is 2.31. The molecule has 7 nitrogen and oxygen atoms in total. The Bertz CT molecular complexity index is 882. The standard InChI is InChI=1S/C24H33ClN4O3/c1-28(17-9-5-4-6-10-17)22(31)11-7-2-3-8-14-32-20-13-12-19(25)23-18(20)15-29-16-21(30)26-24(29)27-23/h12-13,17H,2-11,14-16H2,1H3,(H,26,27,30). The van der Waals surface area contributed by atoms with Crippen molar-refractivity contribution in [2.75, 3.05) is 20.2 Å². The lowest BCUT2D eigenvalue weighted by atomic mass is 9.94. The normalized spacial score (nSPS) is 18.0. The Kier molecular flexibility index (Phi) is 7.55. The number of unbranched alkanes of at least 4 members (excludes halogenated alkanes) is 3. The topological polar surface area (TPSA) is 74.2 Å². The van der Waals surface area contributed by atoms with E-state index in [0.29, 0.717) is 48.8 Å². The van der Waals surface area contributed by atoms with Gasteiger partial charge in [0.15, 0.2) is 0 Å². The number of nitrogens with one attached hydrogen (secondary N) is 1. The van der Waals surface area contributed by atoms with Crippen molar-refractivity contribution in [1.29, 1.82) is 0 Å². The number of aliphatic imine (C=N–C) groups is 1. The minimum absolute atomic E-state index is 0.0569. The fraction of sp³-hybridized carbons (Fsp3) is 0.625. The third-order valence-corrected chi connectivity index (χ3v) is 7.01. The second-order valence-electron chi connectivity index (χ2n) is 9.02. The Morgan fingerprint density at radius 2 is 1.97 bits per heavy atom. The molecule has 2 fully saturated rings. The first-order valence-electron chi connectivity index (χ1n) is 11.9. The minimum atomic E-state index is -0.0569. The molecule has 4 rings (SSSR count). The SMILES string of the molecule is CN(C(=O)CCCCCCOc1ccc(Cl)c2c1CN1CC(=O)NC1=N2)C1CCCCC1. The molecule has 3 aliphatic rings. The molecule has 8 heteroatoms. The quantitative estimate of drug-likeness (QED) is 0.554. The first kappa shape index (κ1) is 22.9. The molecule has 2 amide bonds. The van der Waals surface area contributed by atoms with Crippen molar-refractivity contribution in [3.63, 3.8) is 0 Å². The molecular weight excluding hydrogens is 428 g/mol. The minimum Gasteiger partial charge on any atom is -0.493 e. The lowest BCUT2D eigenvalue weighted by Crippen LogP contribution is -2.38. The second kappa shape index (κ2) is 10.6. The van der Waals surface area contributed by atoms with Crippen LogP contribution < -0.4 is 10.1 Å². The van der Waals surface area contributed by atoms with E-state index in [-0.39, 0.29) is 11.8 Å². The highest BCUT2D eigenvalue weighted by atomic mass is 35.5. The average molecular weight is 461 g/mol. The smallest absolute Gasteiger partial charge is 0.246 e. The Balaban J connectivity index is 1.18. The number of fused-ring (bicyclic) bond motifs is 2. The van der Waals surface area contributed by atoms with Gasteiger partial charge in [-0.1, -0.05) is 43.7 Å². The van der Waals surface area contributed by atoms with E-state index in [4.69, 9.17) is 16.3 Å². The molecule has 0 radical (unpaired) electrons. The molecule has 1 saturated carbocycles. The predicted molar refractivity (Wildman–Crippen MR) is 125 cm³/mol. The van der Waals surface area contributed by atoms with Gasteiger partial charge < -0.3 is 14.5 Å². The Morgan fingerprint density at radius 3 is 2.78 bits per heavy atom. The summed E-state index contributed by atoms with van der Waals surface area (Å²) in [4.78, 5) is 32.5. The number of ether oxygens (including phenoxy) is 1. The third kappa shape index (κ3) is 5.37. The van der Waals surface area contributed by atoms with Gasteiger partial charge in [0.1, 0.15) is 12.3 Å². The molecule has 1 N–H and O–H groups in total. The van der Waals surface area contributed by atoms with Crippen molar-refractivity contribution in [3.05, 3.63) is 22.7 Å². The molecule has 1 aliphatic carbocycles. The van der Waals surface area contributed by atoms with Crippen molar-refractivity contribution in [3.8, 4) is 5.75 Å². The summed E-state index contributed by atoms with van der Waals surface area (Å²) in [5.74, 6) is 1.57. The molecule has 1 aromatic carbocycles. The van der Waals surface area contributed by atoms with Crippen LogP contribution in [0.25, 0.3) is 0 Å². The molecule has 0 unspecified atom stereocenters. The lowest BCUT2D eigenvalue weighted by Gasteiger charge is -2.31. The van der Waals surface area contributed by atoms with Crippen molar-refractivity contribution >= 4 is 35.1 Å². The highest BCUT2D eigenvalue weighted by molar-refractivity contribution is 6.33. The van der Waals surface area contributed by atoms with Crippen LogP contribution in [-0.2, 0) is 16.1 Å². The molecule has 0 atom stereocenters. The fourth-order valence-electron chi connectivity index (χ4n) is 4.78. The van der Waals surface area contributed by atoms with Gasteiger partial charge in [-0.15, -0.1) is 0 Å². The molecule has 0 aromatic heterocycles. The van der Waals surface area contributed by atoms with Crippen molar-refractivity contribution in [2.24, 2.45) is 4.99 Å². The number of carbonyl (C=O) groups excluding carboxylic acids is 2. The molecule has 32 heavy (non-hydrogen) atoms. The predicted octanol–water partition coefficient (Wildman–Crippen LogP) is 4.39. The van der Waals surface area contributed by atoms with Crippen LogP contribution in [0.15, 0.2) is 17.1 Å². The zero-order valence-corrected chi connectivity index (χ0v) is 19.6. The second-order valence-corrected chi connectivity index (χ2v) is 9.43. The first-order valence-corrected chi connectivity index (χ1v) is 12.2. The summed E-state index contributed by atoms with van der Waals surface area (Å²) >= 11 is 6.33. The highest BCUT2D eigenvalue weighted by Crippen LogP contribution is 2.39. The number of nitrogens with zero attached hydrogens (tertiary/aromatic N) is 3. The van der Waals surface area contributed by atoms with E-state index < -0.39 is 0 Å². The van der Waals surface area contributed by atoms with E-state index in [1.807, 2.05) is 22.9 Å². The Hall–Kier alpha value is -2.28. The van der Waals surface area contributed by atoms with Crippen molar-refractivity contribution in [1.82, 2.24) is 15.1 Å². The monoisotopic (exact) mass is 460 g/mol. The van der Waals surface area contributed by atoms with Crippen LogP contribution in [0.5, 0.6) is 5.75 Å². The number of hydrogen-bond acceptors (Lipinski definition) is 5. The molecule has 1 aromatic rings. The maximum absolute atomic E-state index is 12.4. The van der Waals surface area contributed by atoms with Gasteiger partial charge in [0.2, 0.25) is 17.8 Å². The zero-order valence-electron chi connectivity index (χ0n) is 18.9. The Labute approximate surface area is 195 Å². The number of guanidine groups is 1. The number of rotatable bonds is 9. The summed E-state index contributed by atoms with van der Waals surface area (Å²) < 4.78 is 6.04. The summed E-state index contributed by atoms with van der Waals surface area (Å²) in [6.07, 6.45) is 10.7. The summed E-state index contributed by atoms with van der Waals surface area (Å²) in [6, 6.07) is 4.12. The van der Waals surface area contributed by atoms with E-state index in [0.717, 1.165) is 49.8 Å². The van der Waals surface area contributed by atoms with Crippen molar-refractivity contribution in [2.45, 2.75) is 76.8 Å². The zero-order chi connectivity index (χ0) is 22.5. The summed E-state index contributed by atoms with van der Waals surface area (Å²) in [7, 11) is 1.97. The molecular formula is C24H33ClN4O3.